The number of carbonyl (C=O) groups excluding carboxylic acids is 1. The summed E-state index contributed by atoms with van der Waals surface area (Å²) in [5.41, 5.74) is 2.23. The summed E-state index contributed by atoms with van der Waals surface area (Å²) in [7, 11) is 0. The van der Waals surface area contributed by atoms with Crippen molar-refractivity contribution >= 4 is 16.7 Å². The van der Waals surface area contributed by atoms with Crippen molar-refractivity contribution in [3.63, 3.8) is 0 Å². The summed E-state index contributed by atoms with van der Waals surface area (Å²) in [6, 6.07) is 7.89. The van der Waals surface area contributed by atoms with Crippen molar-refractivity contribution in [3.05, 3.63) is 59.4 Å². The van der Waals surface area contributed by atoms with Crippen LogP contribution in [0.2, 0.25) is 0 Å². The highest BCUT2D eigenvalue weighted by atomic mass is 19.1. The second-order valence-corrected chi connectivity index (χ2v) is 5.87. The Hall–Kier alpha value is -2.56. The molecule has 0 spiro atoms. The molecule has 2 nitrogen and oxygen atoms in total. The summed E-state index contributed by atoms with van der Waals surface area (Å²) in [6.45, 7) is 0. The topological polar surface area (TPSA) is 32.9 Å². The van der Waals surface area contributed by atoms with E-state index in [4.69, 9.17) is 0 Å². The Morgan fingerprint density at radius 3 is 2.30 bits per heavy atom. The first-order valence-corrected chi connectivity index (χ1v) is 7.31. The highest BCUT2D eigenvalue weighted by Crippen LogP contribution is 2.44. The highest BCUT2D eigenvalue weighted by molar-refractivity contribution is 5.96. The van der Waals surface area contributed by atoms with Crippen molar-refractivity contribution in [1.29, 1.82) is 0 Å². The zero-order valence-corrected chi connectivity index (χ0v) is 12.0. The Morgan fingerprint density at radius 1 is 0.957 bits per heavy atom. The maximum atomic E-state index is 14.1. The van der Waals surface area contributed by atoms with Crippen molar-refractivity contribution in [2.75, 3.05) is 0 Å². The molecule has 0 aliphatic heterocycles. The number of hydrogen-bond donors (Lipinski definition) is 1. The largest absolute Gasteiger partial charge is 0.352 e. The molecule has 1 fully saturated rings. The van der Waals surface area contributed by atoms with Crippen LogP contribution in [0.1, 0.15) is 24.3 Å². The second kappa shape index (κ2) is 4.98. The lowest BCUT2D eigenvalue weighted by molar-refractivity contribution is -0.124. The number of nitrogens with one attached hydrogen (secondary N) is 1. The number of carbonyl (C=O) groups is 1. The van der Waals surface area contributed by atoms with Crippen LogP contribution in [-0.4, -0.2) is 10.8 Å². The standard InChI is InChI=1S/C18H12F3NO/c19-11-3-1-9(2-4-11)17-16(10-5-13(23)6-10)14-7-12(20)8-15(21)18(14)22-17/h1-4,7-8,10,22H,5-6H2. The van der Waals surface area contributed by atoms with Crippen LogP contribution in [0.15, 0.2) is 36.4 Å². The molecular formula is C18H12F3NO. The van der Waals surface area contributed by atoms with Gasteiger partial charge in [0.1, 0.15) is 23.2 Å². The van der Waals surface area contributed by atoms with Gasteiger partial charge in [-0.2, -0.15) is 0 Å². The molecule has 1 aliphatic carbocycles. The predicted molar refractivity (Wildman–Crippen MR) is 80.6 cm³/mol. The molecule has 116 valence electrons. The number of fused-ring (bicyclic) bond motifs is 1. The lowest BCUT2D eigenvalue weighted by Gasteiger charge is -2.25. The molecule has 0 unspecified atom stereocenters. The van der Waals surface area contributed by atoms with E-state index in [-0.39, 0.29) is 23.0 Å². The van der Waals surface area contributed by atoms with Gasteiger partial charge in [0.15, 0.2) is 0 Å². The molecule has 3 aromatic rings. The van der Waals surface area contributed by atoms with Crippen molar-refractivity contribution in [1.82, 2.24) is 4.98 Å². The number of aromatic nitrogens is 1. The van der Waals surface area contributed by atoms with E-state index in [9.17, 15) is 18.0 Å². The SMILES string of the molecule is O=C1CC(c2c(-c3ccc(F)cc3)[nH]c3c(F)cc(F)cc23)C1. The van der Waals surface area contributed by atoms with Gasteiger partial charge >= 0.3 is 0 Å². The van der Waals surface area contributed by atoms with E-state index in [1.807, 2.05) is 0 Å². The van der Waals surface area contributed by atoms with Crippen LogP contribution < -0.4 is 0 Å². The third-order valence-electron chi connectivity index (χ3n) is 4.35. The first kappa shape index (κ1) is 14.1. The maximum absolute atomic E-state index is 14.1. The molecule has 0 bridgehead atoms. The summed E-state index contributed by atoms with van der Waals surface area (Å²) in [6.07, 6.45) is 0.721. The first-order chi connectivity index (χ1) is 11.0. The molecule has 1 aromatic heterocycles. The number of benzene rings is 2. The van der Waals surface area contributed by atoms with Gasteiger partial charge in [-0.05, 0) is 41.5 Å². The Bertz CT molecular complexity index is 920. The molecule has 4 rings (SSSR count). The van der Waals surface area contributed by atoms with E-state index >= 15 is 0 Å². The fourth-order valence-electron chi connectivity index (χ4n) is 3.20. The molecule has 1 heterocycles. The zero-order chi connectivity index (χ0) is 16.1. The van der Waals surface area contributed by atoms with E-state index in [1.165, 1.54) is 18.2 Å². The number of halogens is 3. The fraction of sp³-hybridized carbons (Fsp3) is 0.167. The quantitative estimate of drug-likeness (QED) is 0.730. The molecule has 0 saturated heterocycles. The van der Waals surface area contributed by atoms with Crippen LogP contribution in [0.3, 0.4) is 0 Å². The fourth-order valence-corrected chi connectivity index (χ4v) is 3.20. The van der Waals surface area contributed by atoms with E-state index in [2.05, 4.69) is 4.98 Å². The van der Waals surface area contributed by atoms with Gasteiger partial charge in [0.2, 0.25) is 0 Å². The summed E-state index contributed by atoms with van der Waals surface area (Å²) in [4.78, 5) is 14.3. The normalized spacial score (nSPS) is 15.2. The molecule has 23 heavy (non-hydrogen) atoms. The predicted octanol–water partition coefficient (Wildman–Crippen LogP) is 4.70. The zero-order valence-electron chi connectivity index (χ0n) is 12.0. The van der Waals surface area contributed by atoms with Crippen molar-refractivity contribution < 1.29 is 18.0 Å². The smallest absolute Gasteiger partial charge is 0.150 e. The van der Waals surface area contributed by atoms with Crippen molar-refractivity contribution in [2.24, 2.45) is 0 Å². The minimum Gasteiger partial charge on any atom is -0.352 e. The van der Waals surface area contributed by atoms with Crippen molar-refractivity contribution in [3.8, 4) is 11.3 Å². The van der Waals surface area contributed by atoms with Gasteiger partial charge in [-0.3, -0.25) is 4.79 Å². The summed E-state index contributed by atoms with van der Waals surface area (Å²) < 4.78 is 40.9. The number of hydrogen-bond acceptors (Lipinski definition) is 1. The van der Waals surface area contributed by atoms with Crippen LogP contribution in [0.4, 0.5) is 13.2 Å². The minimum atomic E-state index is -0.680. The molecule has 1 N–H and O–H groups in total. The van der Waals surface area contributed by atoms with Gasteiger partial charge in [-0.1, -0.05) is 0 Å². The Balaban J connectivity index is 1.98. The van der Waals surface area contributed by atoms with Crippen LogP contribution in [0.5, 0.6) is 0 Å². The third kappa shape index (κ3) is 2.23. The highest BCUT2D eigenvalue weighted by Gasteiger charge is 2.33. The van der Waals surface area contributed by atoms with Gasteiger partial charge in [0.25, 0.3) is 0 Å². The second-order valence-electron chi connectivity index (χ2n) is 5.87. The molecule has 2 aromatic carbocycles. The van der Waals surface area contributed by atoms with Gasteiger partial charge in [0, 0.05) is 30.2 Å². The monoisotopic (exact) mass is 315 g/mol. The number of H-pyrrole nitrogens is 1. The molecule has 0 atom stereocenters. The summed E-state index contributed by atoms with van der Waals surface area (Å²) >= 11 is 0. The molecule has 1 aliphatic rings. The third-order valence-corrected chi connectivity index (χ3v) is 4.35. The van der Waals surface area contributed by atoms with Crippen molar-refractivity contribution in [2.45, 2.75) is 18.8 Å². The lowest BCUT2D eigenvalue weighted by Crippen LogP contribution is -2.21. The number of Topliss-reactive ketones (excluding diaryl/α,β-unsaturated/α-hetero) is 1. The molecule has 0 radical (unpaired) electrons. The number of ketones is 1. The van der Waals surface area contributed by atoms with Gasteiger partial charge in [0.05, 0.1) is 11.2 Å². The van der Waals surface area contributed by atoms with Gasteiger partial charge < -0.3 is 4.98 Å². The average Bonchev–Trinajstić information content (AvgIpc) is 2.84. The average molecular weight is 315 g/mol. The van der Waals surface area contributed by atoms with E-state index in [1.54, 1.807) is 12.1 Å². The number of rotatable bonds is 2. The van der Waals surface area contributed by atoms with Gasteiger partial charge in [-0.15, -0.1) is 0 Å². The van der Waals surface area contributed by atoms with Crippen LogP contribution in [0.25, 0.3) is 22.2 Å². The molecular weight excluding hydrogens is 303 g/mol. The molecule has 1 saturated carbocycles. The molecule has 5 heteroatoms. The van der Waals surface area contributed by atoms with E-state index in [0.717, 1.165) is 11.6 Å². The summed E-state index contributed by atoms with van der Waals surface area (Å²) in [5, 5.41) is 0.444. The van der Waals surface area contributed by atoms with E-state index < -0.39 is 11.6 Å². The van der Waals surface area contributed by atoms with Crippen LogP contribution in [-0.2, 0) is 4.79 Å². The van der Waals surface area contributed by atoms with Crippen LogP contribution in [0, 0.1) is 17.5 Å². The minimum absolute atomic E-state index is 0.0718. The van der Waals surface area contributed by atoms with Gasteiger partial charge in [-0.25, -0.2) is 13.2 Å². The summed E-state index contributed by atoms with van der Waals surface area (Å²) in [5.74, 6) is -1.65. The molecule has 0 amide bonds. The Labute approximate surface area is 129 Å². The Morgan fingerprint density at radius 2 is 1.65 bits per heavy atom. The van der Waals surface area contributed by atoms with E-state index in [0.29, 0.717) is 29.5 Å². The number of aromatic amines is 1. The first-order valence-electron chi connectivity index (χ1n) is 7.31. The lowest BCUT2D eigenvalue weighted by atomic mass is 9.77. The Kier molecular flexibility index (Phi) is 3.04. The van der Waals surface area contributed by atoms with Crippen LogP contribution >= 0.6 is 0 Å². The maximum Gasteiger partial charge on any atom is 0.150 e.